The predicted octanol–water partition coefficient (Wildman–Crippen LogP) is 3.74. The number of H-pyrrole nitrogens is 1. The van der Waals surface area contributed by atoms with Crippen molar-refractivity contribution >= 4 is 28.5 Å². The number of rotatable bonds is 2. The van der Waals surface area contributed by atoms with Gasteiger partial charge in [0.05, 0.1) is 27.8 Å². The number of aromatic hydroxyl groups is 1. The molecule has 4 aromatic rings. The molecule has 1 aliphatic heterocycles. The summed E-state index contributed by atoms with van der Waals surface area (Å²) in [5.74, 6) is 0.175. The molecule has 0 atom stereocenters. The van der Waals surface area contributed by atoms with Gasteiger partial charge >= 0.3 is 0 Å². The van der Waals surface area contributed by atoms with Crippen molar-refractivity contribution in [3.8, 4) is 17.1 Å². The number of nitrogens with one attached hydrogen (secondary N) is 1. The molecule has 2 N–H and O–H groups in total. The maximum Gasteiger partial charge on any atom is 0.266 e. The molecule has 2 heterocycles. The molecule has 0 fully saturated rings. The number of nitrogens with zero attached hydrogens (tertiary/aromatic N) is 2. The SMILES string of the molecule is O=C1c2ccccc2C(=O)N1c1ccc2nc(-c3ccc(O)cc3)[nH]c2c1. The molecule has 6 heteroatoms. The monoisotopic (exact) mass is 355 g/mol. The van der Waals surface area contributed by atoms with Crippen molar-refractivity contribution < 1.29 is 14.7 Å². The van der Waals surface area contributed by atoms with Crippen molar-refractivity contribution in [2.45, 2.75) is 0 Å². The van der Waals surface area contributed by atoms with Crippen LogP contribution in [-0.4, -0.2) is 26.9 Å². The lowest BCUT2D eigenvalue weighted by atomic mass is 10.1. The highest BCUT2D eigenvalue weighted by molar-refractivity contribution is 6.34. The first-order valence-corrected chi connectivity index (χ1v) is 8.39. The number of amides is 2. The van der Waals surface area contributed by atoms with Crippen LogP contribution in [-0.2, 0) is 0 Å². The first kappa shape index (κ1) is 15.3. The van der Waals surface area contributed by atoms with Crippen LogP contribution in [0.15, 0.2) is 66.7 Å². The predicted molar refractivity (Wildman–Crippen MR) is 101 cm³/mol. The van der Waals surface area contributed by atoms with Crippen LogP contribution in [0.3, 0.4) is 0 Å². The molecule has 5 rings (SSSR count). The molecule has 0 unspecified atom stereocenters. The minimum absolute atomic E-state index is 0.183. The molecule has 6 nitrogen and oxygen atoms in total. The number of hydrogen-bond acceptors (Lipinski definition) is 4. The fourth-order valence-electron chi connectivity index (χ4n) is 3.32. The fraction of sp³-hybridized carbons (Fsp3) is 0. The van der Waals surface area contributed by atoms with E-state index in [0.29, 0.717) is 28.2 Å². The van der Waals surface area contributed by atoms with E-state index in [1.54, 1.807) is 66.7 Å². The van der Waals surface area contributed by atoms with Crippen molar-refractivity contribution in [2.75, 3.05) is 4.90 Å². The zero-order valence-corrected chi connectivity index (χ0v) is 14.0. The molecule has 1 aliphatic rings. The molecule has 1 aromatic heterocycles. The molecule has 0 radical (unpaired) electrons. The summed E-state index contributed by atoms with van der Waals surface area (Å²) >= 11 is 0. The third kappa shape index (κ3) is 2.31. The number of aromatic amines is 1. The Bertz CT molecular complexity index is 1190. The number of carbonyl (C=O) groups is 2. The second kappa shape index (κ2) is 5.54. The molecule has 0 bridgehead atoms. The number of phenols is 1. The van der Waals surface area contributed by atoms with Gasteiger partial charge in [-0.15, -0.1) is 0 Å². The molecule has 0 saturated heterocycles. The zero-order valence-electron chi connectivity index (χ0n) is 14.0. The van der Waals surface area contributed by atoms with Gasteiger partial charge in [0.2, 0.25) is 0 Å². The lowest BCUT2D eigenvalue weighted by molar-refractivity contribution is 0.0926. The number of imidazole rings is 1. The molecule has 3 aromatic carbocycles. The van der Waals surface area contributed by atoms with Gasteiger partial charge in [-0.1, -0.05) is 12.1 Å². The molecular weight excluding hydrogens is 342 g/mol. The number of anilines is 1. The summed E-state index contributed by atoms with van der Waals surface area (Å²) in [6, 6.07) is 18.7. The zero-order chi connectivity index (χ0) is 18.5. The normalized spacial score (nSPS) is 13.4. The van der Waals surface area contributed by atoms with Gasteiger partial charge in [0, 0.05) is 5.56 Å². The van der Waals surface area contributed by atoms with E-state index in [1.807, 2.05) is 0 Å². The van der Waals surface area contributed by atoms with Crippen LogP contribution < -0.4 is 4.90 Å². The standard InChI is InChI=1S/C21H13N3O3/c25-14-8-5-12(6-9-14)19-22-17-10-7-13(11-18(17)23-19)24-20(26)15-3-1-2-4-16(15)21(24)27/h1-11,25H,(H,22,23). The summed E-state index contributed by atoms with van der Waals surface area (Å²) < 4.78 is 0. The quantitative estimate of drug-likeness (QED) is 0.536. The number of imide groups is 1. The fourth-order valence-corrected chi connectivity index (χ4v) is 3.32. The molecular formula is C21H13N3O3. The molecule has 130 valence electrons. The molecule has 0 spiro atoms. The Morgan fingerprint density at radius 2 is 1.52 bits per heavy atom. The number of aromatic nitrogens is 2. The van der Waals surface area contributed by atoms with Gasteiger partial charge in [-0.05, 0) is 54.6 Å². The average molecular weight is 355 g/mol. The van der Waals surface area contributed by atoms with Gasteiger partial charge in [0.15, 0.2) is 0 Å². The largest absolute Gasteiger partial charge is 0.508 e. The van der Waals surface area contributed by atoms with Crippen molar-refractivity contribution in [3.63, 3.8) is 0 Å². The number of carbonyl (C=O) groups excluding carboxylic acids is 2. The Balaban J connectivity index is 1.57. The number of fused-ring (bicyclic) bond motifs is 2. The Kier molecular flexibility index (Phi) is 3.14. The highest BCUT2D eigenvalue weighted by Gasteiger charge is 2.36. The summed E-state index contributed by atoms with van der Waals surface area (Å²) in [5.41, 5.74) is 3.58. The van der Waals surface area contributed by atoms with Gasteiger partial charge in [-0.2, -0.15) is 0 Å². The van der Waals surface area contributed by atoms with Crippen LogP contribution in [0, 0.1) is 0 Å². The number of hydrogen-bond donors (Lipinski definition) is 2. The number of phenolic OH excluding ortho intramolecular Hbond substituents is 1. The van der Waals surface area contributed by atoms with Crippen LogP contribution in [0.4, 0.5) is 5.69 Å². The van der Waals surface area contributed by atoms with E-state index in [0.717, 1.165) is 11.1 Å². The maximum absolute atomic E-state index is 12.7. The number of benzene rings is 3. The van der Waals surface area contributed by atoms with Gasteiger partial charge in [-0.3, -0.25) is 9.59 Å². The van der Waals surface area contributed by atoms with Crippen LogP contribution in [0.1, 0.15) is 20.7 Å². The minimum atomic E-state index is -0.326. The lowest BCUT2D eigenvalue weighted by Gasteiger charge is -2.13. The summed E-state index contributed by atoms with van der Waals surface area (Å²) in [7, 11) is 0. The van der Waals surface area contributed by atoms with Crippen LogP contribution in [0.2, 0.25) is 0 Å². The molecule has 2 amide bonds. The molecule has 0 aliphatic carbocycles. The van der Waals surface area contributed by atoms with E-state index in [9.17, 15) is 14.7 Å². The van der Waals surface area contributed by atoms with Gasteiger partial charge < -0.3 is 10.1 Å². The Morgan fingerprint density at radius 3 is 2.19 bits per heavy atom. The third-order valence-corrected chi connectivity index (χ3v) is 4.66. The van der Waals surface area contributed by atoms with Gasteiger partial charge in [-0.25, -0.2) is 9.88 Å². The van der Waals surface area contributed by atoms with Crippen molar-refractivity contribution in [3.05, 3.63) is 77.9 Å². The topological polar surface area (TPSA) is 86.3 Å². The smallest absolute Gasteiger partial charge is 0.266 e. The highest BCUT2D eigenvalue weighted by Crippen LogP contribution is 2.31. The van der Waals surface area contributed by atoms with E-state index in [1.165, 1.54) is 4.90 Å². The summed E-state index contributed by atoms with van der Waals surface area (Å²) in [6.07, 6.45) is 0. The first-order chi connectivity index (χ1) is 13.1. The summed E-state index contributed by atoms with van der Waals surface area (Å²) in [6.45, 7) is 0. The minimum Gasteiger partial charge on any atom is -0.508 e. The maximum atomic E-state index is 12.7. The van der Waals surface area contributed by atoms with Crippen molar-refractivity contribution in [2.24, 2.45) is 0 Å². The van der Waals surface area contributed by atoms with Gasteiger partial charge in [0.25, 0.3) is 11.8 Å². The summed E-state index contributed by atoms with van der Waals surface area (Å²) in [4.78, 5) is 34.2. The highest BCUT2D eigenvalue weighted by atomic mass is 16.3. The second-order valence-electron chi connectivity index (χ2n) is 6.33. The lowest BCUT2D eigenvalue weighted by Crippen LogP contribution is -2.29. The Hall–Kier alpha value is -3.93. The van der Waals surface area contributed by atoms with Crippen molar-refractivity contribution in [1.82, 2.24) is 9.97 Å². The Labute approximate surface area is 153 Å². The van der Waals surface area contributed by atoms with Crippen LogP contribution in [0.5, 0.6) is 5.75 Å². The van der Waals surface area contributed by atoms with E-state index in [4.69, 9.17) is 0 Å². The summed E-state index contributed by atoms with van der Waals surface area (Å²) in [5, 5.41) is 9.43. The molecule has 0 saturated carbocycles. The molecule has 27 heavy (non-hydrogen) atoms. The average Bonchev–Trinajstić information content (AvgIpc) is 3.22. The van der Waals surface area contributed by atoms with E-state index in [2.05, 4.69) is 9.97 Å². The van der Waals surface area contributed by atoms with Crippen LogP contribution >= 0.6 is 0 Å². The second-order valence-corrected chi connectivity index (χ2v) is 6.33. The Morgan fingerprint density at radius 1 is 0.852 bits per heavy atom. The van der Waals surface area contributed by atoms with E-state index < -0.39 is 0 Å². The van der Waals surface area contributed by atoms with Crippen LogP contribution in [0.25, 0.3) is 22.4 Å². The first-order valence-electron chi connectivity index (χ1n) is 8.39. The van der Waals surface area contributed by atoms with E-state index in [-0.39, 0.29) is 17.6 Å². The van der Waals surface area contributed by atoms with Gasteiger partial charge in [0.1, 0.15) is 11.6 Å². The van der Waals surface area contributed by atoms with E-state index >= 15 is 0 Å². The third-order valence-electron chi connectivity index (χ3n) is 4.66. The van der Waals surface area contributed by atoms with Crippen molar-refractivity contribution in [1.29, 1.82) is 0 Å².